The third-order valence-electron chi connectivity index (χ3n) is 11.8. The molecule has 0 spiro atoms. The summed E-state index contributed by atoms with van der Waals surface area (Å²) < 4.78 is 0. The second-order valence-corrected chi connectivity index (χ2v) is 15.5. The molecule has 0 fully saturated rings. The van der Waals surface area contributed by atoms with Crippen molar-refractivity contribution in [3.05, 3.63) is 204 Å². The largest absolute Gasteiger partial charge is 0.310 e. The lowest BCUT2D eigenvalue weighted by Crippen LogP contribution is -2.16. The summed E-state index contributed by atoms with van der Waals surface area (Å²) in [6.45, 7) is 9.23. The van der Waals surface area contributed by atoms with Crippen LogP contribution in [0.15, 0.2) is 182 Å². The first-order chi connectivity index (χ1) is 26.9. The van der Waals surface area contributed by atoms with Crippen LogP contribution in [0.4, 0.5) is 34.1 Å². The normalized spacial score (nSPS) is 12.9. The van der Waals surface area contributed by atoms with Crippen LogP contribution in [0.5, 0.6) is 0 Å². The summed E-state index contributed by atoms with van der Waals surface area (Å²) in [6.07, 6.45) is 0. The van der Waals surface area contributed by atoms with E-state index in [2.05, 4.69) is 219 Å². The Morgan fingerprint density at radius 2 is 0.909 bits per heavy atom. The number of hydrogen-bond donors (Lipinski definition) is 0. The molecule has 0 aromatic heterocycles. The number of para-hydroxylation sites is 4. The quantitative estimate of drug-likeness (QED) is 0.159. The van der Waals surface area contributed by atoms with Gasteiger partial charge in [0.2, 0.25) is 0 Å². The number of rotatable bonds is 6. The molecule has 0 saturated carbocycles. The Morgan fingerprint density at radius 3 is 1.53 bits per heavy atom. The van der Waals surface area contributed by atoms with Crippen molar-refractivity contribution in [2.24, 2.45) is 0 Å². The van der Waals surface area contributed by atoms with E-state index in [0.29, 0.717) is 0 Å². The van der Waals surface area contributed by atoms with Gasteiger partial charge in [0.05, 0.1) is 0 Å². The van der Waals surface area contributed by atoms with Gasteiger partial charge in [-0.25, -0.2) is 0 Å². The van der Waals surface area contributed by atoms with Crippen LogP contribution in [0.1, 0.15) is 36.1 Å². The van der Waals surface area contributed by atoms with Crippen molar-refractivity contribution in [1.29, 1.82) is 0 Å². The molecule has 0 heterocycles. The van der Waals surface area contributed by atoms with Crippen LogP contribution in [-0.4, -0.2) is 0 Å². The van der Waals surface area contributed by atoms with E-state index < -0.39 is 0 Å². The van der Waals surface area contributed by atoms with Crippen LogP contribution < -0.4 is 9.80 Å². The molecule has 0 aliphatic heterocycles. The van der Waals surface area contributed by atoms with Crippen molar-refractivity contribution >= 4 is 66.4 Å². The molecule has 0 unspecified atom stereocenters. The lowest BCUT2D eigenvalue weighted by Gasteiger charge is -2.28. The SMILES string of the molecule is Cc1ccccc1N(c1ccccc1)c1ccc2cc3c(cc2c1)C(C)(C)c1c-3c2ccccc2c2cc(N(c3ccccc3)c3ccccc3C)ccc12. The van der Waals surface area contributed by atoms with Gasteiger partial charge in [-0.3, -0.25) is 0 Å². The van der Waals surface area contributed by atoms with Gasteiger partial charge in [0.25, 0.3) is 0 Å². The zero-order valence-corrected chi connectivity index (χ0v) is 31.7. The Labute approximate surface area is 323 Å². The molecule has 0 bridgehead atoms. The minimum Gasteiger partial charge on any atom is -0.310 e. The molecule has 2 heteroatoms. The lowest BCUT2D eigenvalue weighted by molar-refractivity contribution is 0.667. The van der Waals surface area contributed by atoms with Gasteiger partial charge in [0.1, 0.15) is 0 Å². The molecule has 1 aliphatic rings. The number of benzene rings is 9. The second-order valence-electron chi connectivity index (χ2n) is 15.5. The van der Waals surface area contributed by atoms with E-state index in [1.165, 1.54) is 77.1 Å². The fourth-order valence-electron chi connectivity index (χ4n) is 9.17. The minimum absolute atomic E-state index is 0.219. The van der Waals surface area contributed by atoms with E-state index in [1.807, 2.05) is 0 Å². The minimum atomic E-state index is -0.219. The highest BCUT2D eigenvalue weighted by atomic mass is 15.1. The zero-order valence-electron chi connectivity index (χ0n) is 31.7. The standard InChI is InChI=1S/C53H42N2/c1-35-17-11-15-25-49(35)54(39-19-7-5-8-20-39)41-28-27-37-32-47-48(33-38(37)31-41)53(3,4)52-45-30-29-42(34-46(45)43-23-13-14-24-44(43)51(47)52)55(40-21-9-6-10-22-40)50-26-16-12-18-36(50)2/h5-34H,1-4H3. The molecule has 0 amide bonds. The molecule has 0 radical (unpaired) electrons. The van der Waals surface area contributed by atoms with Gasteiger partial charge >= 0.3 is 0 Å². The summed E-state index contributed by atoms with van der Waals surface area (Å²) in [6, 6.07) is 66.8. The number of nitrogens with zero attached hydrogens (tertiary/aromatic N) is 2. The van der Waals surface area contributed by atoms with Gasteiger partial charge in [-0.1, -0.05) is 123 Å². The van der Waals surface area contributed by atoms with Crippen LogP contribution >= 0.6 is 0 Å². The van der Waals surface area contributed by atoms with Gasteiger partial charge in [0, 0.05) is 39.5 Å². The van der Waals surface area contributed by atoms with Gasteiger partial charge in [0.15, 0.2) is 0 Å². The number of fused-ring (bicyclic) bond motifs is 9. The maximum atomic E-state index is 2.47. The van der Waals surface area contributed by atoms with Gasteiger partial charge in [-0.05, 0) is 152 Å². The Hall–Kier alpha value is -6.64. The summed E-state index contributed by atoms with van der Waals surface area (Å²) in [5.74, 6) is 0. The molecule has 10 rings (SSSR count). The smallest absolute Gasteiger partial charge is 0.0490 e. The summed E-state index contributed by atoms with van der Waals surface area (Å²) in [5, 5.41) is 7.69. The highest BCUT2D eigenvalue weighted by Gasteiger charge is 2.39. The first-order valence-corrected chi connectivity index (χ1v) is 19.3. The molecule has 264 valence electrons. The maximum Gasteiger partial charge on any atom is 0.0490 e. The molecule has 1 aliphatic carbocycles. The first kappa shape index (κ1) is 33.0. The lowest BCUT2D eigenvalue weighted by atomic mass is 9.79. The molecular formula is C53H42N2. The molecule has 0 N–H and O–H groups in total. The van der Waals surface area contributed by atoms with Crippen LogP contribution in [-0.2, 0) is 5.41 Å². The van der Waals surface area contributed by atoms with E-state index >= 15 is 0 Å². The van der Waals surface area contributed by atoms with Crippen LogP contribution in [0.3, 0.4) is 0 Å². The first-order valence-electron chi connectivity index (χ1n) is 19.3. The highest BCUT2D eigenvalue weighted by Crippen LogP contribution is 2.56. The van der Waals surface area contributed by atoms with E-state index in [-0.39, 0.29) is 5.41 Å². The molecule has 9 aromatic carbocycles. The Kier molecular flexibility index (Phi) is 7.64. The predicted molar refractivity (Wildman–Crippen MR) is 235 cm³/mol. The average Bonchev–Trinajstić information content (AvgIpc) is 3.45. The molecule has 55 heavy (non-hydrogen) atoms. The monoisotopic (exact) mass is 706 g/mol. The average molecular weight is 707 g/mol. The van der Waals surface area contributed by atoms with E-state index in [9.17, 15) is 0 Å². The molecule has 0 atom stereocenters. The van der Waals surface area contributed by atoms with Gasteiger partial charge < -0.3 is 9.80 Å². The fourth-order valence-corrected chi connectivity index (χ4v) is 9.17. The summed E-state index contributed by atoms with van der Waals surface area (Å²) in [7, 11) is 0. The predicted octanol–water partition coefficient (Wildman–Crippen LogP) is 15.0. The Balaban J connectivity index is 1.17. The third kappa shape index (κ3) is 5.24. The van der Waals surface area contributed by atoms with Crippen LogP contribution in [0.25, 0.3) is 43.4 Å². The zero-order chi connectivity index (χ0) is 37.3. The van der Waals surface area contributed by atoms with E-state index in [4.69, 9.17) is 0 Å². The number of hydrogen-bond acceptors (Lipinski definition) is 2. The van der Waals surface area contributed by atoms with Crippen molar-refractivity contribution in [2.75, 3.05) is 9.80 Å². The van der Waals surface area contributed by atoms with Gasteiger partial charge in [-0.2, -0.15) is 0 Å². The van der Waals surface area contributed by atoms with Crippen LogP contribution in [0, 0.1) is 13.8 Å². The van der Waals surface area contributed by atoms with E-state index in [1.54, 1.807) is 0 Å². The Morgan fingerprint density at radius 1 is 0.382 bits per heavy atom. The third-order valence-corrected chi connectivity index (χ3v) is 11.8. The summed E-state index contributed by atoms with van der Waals surface area (Å²) in [5.41, 5.74) is 14.7. The Bertz CT molecular complexity index is 2920. The van der Waals surface area contributed by atoms with E-state index in [0.717, 1.165) is 22.7 Å². The van der Waals surface area contributed by atoms with Crippen molar-refractivity contribution < 1.29 is 0 Å². The van der Waals surface area contributed by atoms with Crippen molar-refractivity contribution in [3.8, 4) is 11.1 Å². The van der Waals surface area contributed by atoms with Crippen LogP contribution in [0.2, 0.25) is 0 Å². The summed E-state index contributed by atoms with van der Waals surface area (Å²) >= 11 is 0. The fraction of sp³-hybridized carbons (Fsp3) is 0.0943. The van der Waals surface area contributed by atoms with Crippen molar-refractivity contribution in [1.82, 2.24) is 0 Å². The van der Waals surface area contributed by atoms with Crippen molar-refractivity contribution in [3.63, 3.8) is 0 Å². The second kappa shape index (κ2) is 12.7. The summed E-state index contributed by atoms with van der Waals surface area (Å²) in [4.78, 5) is 4.78. The molecule has 9 aromatic rings. The van der Waals surface area contributed by atoms with Crippen molar-refractivity contribution in [2.45, 2.75) is 33.1 Å². The maximum absolute atomic E-state index is 2.47. The molecule has 0 saturated heterocycles. The topological polar surface area (TPSA) is 6.48 Å². The highest BCUT2D eigenvalue weighted by molar-refractivity contribution is 6.19. The number of anilines is 6. The molecular weight excluding hydrogens is 665 g/mol. The van der Waals surface area contributed by atoms with Gasteiger partial charge in [-0.15, -0.1) is 0 Å². The molecule has 2 nitrogen and oxygen atoms in total. The number of aryl methyl sites for hydroxylation is 2.